The van der Waals surface area contributed by atoms with E-state index in [1.54, 1.807) is 28.1 Å². The molecule has 0 heterocycles. The minimum absolute atomic E-state index is 0.0466. The third-order valence-corrected chi connectivity index (χ3v) is 1.87. The van der Waals surface area contributed by atoms with Crippen LogP contribution in [0.1, 0.15) is 6.92 Å². The van der Waals surface area contributed by atoms with E-state index in [1.807, 2.05) is 0 Å². The maximum Gasteiger partial charge on any atom is 0.244 e. The number of hydrazine groups is 1. The fourth-order valence-electron chi connectivity index (χ4n) is 1.04. The van der Waals surface area contributed by atoms with Crippen molar-refractivity contribution in [3.63, 3.8) is 0 Å². The smallest absolute Gasteiger partial charge is 0.244 e. The molecule has 94 valence electrons. The van der Waals surface area contributed by atoms with Crippen molar-refractivity contribution >= 4 is 11.9 Å². The molecule has 0 saturated heterocycles. The van der Waals surface area contributed by atoms with E-state index >= 15 is 0 Å². The summed E-state index contributed by atoms with van der Waals surface area (Å²) in [5.41, 5.74) is 2.40. The molecule has 1 unspecified atom stereocenters. The first kappa shape index (κ1) is 14.7. The van der Waals surface area contributed by atoms with Crippen LogP contribution in [0.25, 0.3) is 0 Å². The van der Waals surface area contributed by atoms with Gasteiger partial charge in [-0.15, -0.1) is 0 Å². The molecule has 0 aromatic rings. The zero-order valence-electron chi connectivity index (χ0n) is 10.3. The summed E-state index contributed by atoms with van der Waals surface area (Å²) >= 11 is 0. The summed E-state index contributed by atoms with van der Waals surface area (Å²) < 4.78 is 4.85. The van der Waals surface area contributed by atoms with E-state index in [4.69, 9.17) is 10.6 Å². The Hall–Kier alpha value is -1.34. The largest absolute Gasteiger partial charge is 0.383 e. The van der Waals surface area contributed by atoms with E-state index in [2.05, 4.69) is 15.7 Å². The molecule has 0 fully saturated rings. The molecule has 0 aliphatic carbocycles. The van der Waals surface area contributed by atoms with Gasteiger partial charge in [-0.3, -0.25) is 10.2 Å². The second-order valence-electron chi connectivity index (χ2n) is 3.47. The van der Waals surface area contributed by atoms with Crippen LogP contribution in [0, 0.1) is 0 Å². The lowest BCUT2D eigenvalue weighted by Gasteiger charge is -2.19. The third-order valence-electron chi connectivity index (χ3n) is 1.87. The van der Waals surface area contributed by atoms with Gasteiger partial charge in [0.15, 0.2) is 0 Å². The van der Waals surface area contributed by atoms with Crippen LogP contribution >= 0.6 is 0 Å². The van der Waals surface area contributed by atoms with Crippen molar-refractivity contribution in [1.29, 1.82) is 0 Å². The molecule has 4 N–H and O–H groups in total. The van der Waals surface area contributed by atoms with Crippen LogP contribution < -0.4 is 16.6 Å². The number of methoxy groups -OCH3 is 1. The van der Waals surface area contributed by atoms with Gasteiger partial charge in [-0.2, -0.15) is 0 Å². The fraction of sp³-hybridized carbons (Fsp3) is 0.778. The highest BCUT2D eigenvalue weighted by Crippen LogP contribution is 1.88. The quantitative estimate of drug-likeness (QED) is 0.176. The number of hydrogen-bond donors (Lipinski definition) is 3. The van der Waals surface area contributed by atoms with Crippen LogP contribution in [0.15, 0.2) is 4.99 Å². The van der Waals surface area contributed by atoms with Gasteiger partial charge in [0.2, 0.25) is 11.9 Å². The van der Waals surface area contributed by atoms with E-state index in [9.17, 15) is 4.79 Å². The average molecular weight is 231 g/mol. The lowest BCUT2D eigenvalue weighted by atomic mass is 10.3. The van der Waals surface area contributed by atoms with Crippen molar-refractivity contribution < 1.29 is 9.53 Å². The number of aliphatic imine (C=N–C) groups is 1. The Morgan fingerprint density at radius 2 is 2.19 bits per heavy atom. The Morgan fingerprint density at radius 3 is 2.62 bits per heavy atom. The zero-order valence-corrected chi connectivity index (χ0v) is 10.3. The second-order valence-corrected chi connectivity index (χ2v) is 3.47. The number of rotatable bonds is 5. The van der Waals surface area contributed by atoms with E-state index in [1.165, 1.54) is 4.90 Å². The van der Waals surface area contributed by atoms with Crippen molar-refractivity contribution in [1.82, 2.24) is 15.6 Å². The molecule has 0 aromatic carbocycles. The number of likely N-dealkylation sites (N-methyl/N-ethyl adjacent to an activating group) is 1. The Kier molecular flexibility index (Phi) is 7.23. The summed E-state index contributed by atoms with van der Waals surface area (Å²) in [5, 5.41) is 2.87. The molecule has 0 spiro atoms. The van der Waals surface area contributed by atoms with E-state index in [-0.39, 0.29) is 11.9 Å². The van der Waals surface area contributed by atoms with E-state index in [0.717, 1.165) is 0 Å². The van der Waals surface area contributed by atoms with Gasteiger partial charge >= 0.3 is 0 Å². The number of amides is 1. The van der Waals surface area contributed by atoms with Gasteiger partial charge in [0.25, 0.3) is 0 Å². The summed E-state index contributed by atoms with van der Waals surface area (Å²) in [7, 11) is 4.98. The van der Waals surface area contributed by atoms with Gasteiger partial charge in [0.1, 0.15) is 6.04 Å². The molecule has 0 radical (unpaired) electrons. The zero-order chi connectivity index (χ0) is 12.6. The Labute approximate surface area is 96.0 Å². The molecule has 0 bridgehead atoms. The van der Waals surface area contributed by atoms with Crippen LogP contribution in [-0.4, -0.2) is 57.2 Å². The maximum atomic E-state index is 11.5. The molecule has 0 saturated carbocycles. The number of nitrogens with one attached hydrogen (secondary N) is 2. The number of nitrogens with zero attached hydrogens (tertiary/aromatic N) is 2. The number of carbonyl (C=O) groups excluding carboxylic acids is 1. The van der Waals surface area contributed by atoms with Crippen molar-refractivity contribution in [3.8, 4) is 0 Å². The molecule has 7 heteroatoms. The molecule has 0 aliphatic heterocycles. The number of guanidine groups is 1. The molecule has 16 heavy (non-hydrogen) atoms. The average Bonchev–Trinajstić information content (AvgIpc) is 2.26. The summed E-state index contributed by atoms with van der Waals surface area (Å²) in [6, 6.07) is -0.382. The molecular weight excluding hydrogens is 210 g/mol. The van der Waals surface area contributed by atoms with Crippen LogP contribution in [0.4, 0.5) is 0 Å². The molecular formula is C9H21N5O2. The van der Waals surface area contributed by atoms with Gasteiger partial charge in [0, 0.05) is 21.2 Å². The Morgan fingerprint density at radius 1 is 1.56 bits per heavy atom. The highest BCUT2D eigenvalue weighted by Gasteiger charge is 2.15. The molecule has 0 aromatic heterocycles. The van der Waals surface area contributed by atoms with Gasteiger partial charge in [-0.25, -0.2) is 10.8 Å². The topological polar surface area (TPSA) is 92.0 Å². The number of carbonyl (C=O) groups is 1. The molecule has 0 rings (SSSR count). The lowest BCUT2D eigenvalue weighted by Crippen LogP contribution is -2.50. The maximum absolute atomic E-state index is 11.5. The van der Waals surface area contributed by atoms with Crippen LogP contribution in [0.3, 0.4) is 0 Å². The predicted molar refractivity (Wildman–Crippen MR) is 62.8 cm³/mol. The Balaban J connectivity index is 4.20. The van der Waals surface area contributed by atoms with Crippen molar-refractivity contribution in [2.24, 2.45) is 10.8 Å². The normalized spacial score (nSPS) is 13.2. The standard InChI is InChI=1S/C9H21N5O2/c1-7(8(15)14(2)3)12-9(13-10)11-5-6-16-4/h7H,5-6,10H2,1-4H3,(H2,11,12,13). The van der Waals surface area contributed by atoms with Crippen LogP contribution in [0.2, 0.25) is 0 Å². The minimum Gasteiger partial charge on any atom is -0.383 e. The lowest BCUT2D eigenvalue weighted by molar-refractivity contribution is -0.130. The highest BCUT2D eigenvalue weighted by atomic mass is 16.5. The number of hydrogen-bond acceptors (Lipinski definition) is 4. The summed E-state index contributed by atoms with van der Waals surface area (Å²) in [6.45, 7) is 2.72. The van der Waals surface area contributed by atoms with Gasteiger partial charge < -0.3 is 15.0 Å². The van der Waals surface area contributed by atoms with Crippen LogP contribution in [0.5, 0.6) is 0 Å². The van der Waals surface area contributed by atoms with E-state index in [0.29, 0.717) is 19.1 Å². The molecule has 7 nitrogen and oxygen atoms in total. The van der Waals surface area contributed by atoms with Gasteiger partial charge in [-0.1, -0.05) is 0 Å². The first-order valence-corrected chi connectivity index (χ1v) is 5.00. The minimum atomic E-state index is -0.382. The fourth-order valence-corrected chi connectivity index (χ4v) is 1.04. The Bertz CT molecular complexity index is 242. The third kappa shape index (κ3) is 5.52. The van der Waals surface area contributed by atoms with Crippen molar-refractivity contribution in [3.05, 3.63) is 0 Å². The predicted octanol–water partition coefficient (Wildman–Crippen LogP) is -1.48. The van der Waals surface area contributed by atoms with E-state index < -0.39 is 0 Å². The number of nitrogens with two attached hydrogens (primary N) is 1. The number of ether oxygens (including phenoxy) is 1. The van der Waals surface area contributed by atoms with Gasteiger partial charge in [0.05, 0.1) is 13.2 Å². The molecule has 0 aliphatic rings. The molecule has 1 amide bonds. The highest BCUT2D eigenvalue weighted by molar-refractivity contribution is 5.88. The summed E-state index contributed by atoms with van der Waals surface area (Å²) in [4.78, 5) is 17.1. The summed E-state index contributed by atoms with van der Waals surface area (Å²) in [5.74, 6) is 5.60. The summed E-state index contributed by atoms with van der Waals surface area (Å²) in [6.07, 6.45) is 0. The second kappa shape index (κ2) is 7.89. The van der Waals surface area contributed by atoms with Gasteiger partial charge in [-0.05, 0) is 6.92 Å². The van der Waals surface area contributed by atoms with Crippen LogP contribution in [-0.2, 0) is 9.53 Å². The first-order chi connectivity index (χ1) is 7.52. The van der Waals surface area contributed by atoms with Crippen molar-refractivity contribution in [2.45, 2.75) is 13.0 Å². The first-order valence-electron chi connectivity index (χ1n) is 5.00. The molecule has 1 atom stereocenters. The monoisotopic (exact) mass is 231 g/mol. The SMILES string of the molecule is COCCN=C(NN)NC(C)C(=O)N(C)C. The van der Waals surface area contributed by atoms with Crippen molar-refractivity contribution in [2.75, 3.05) is 34.4 Å².